The molecule has 2 N–H and O–H groups in total. The predicted molar refractivity (Wildman–Crippen MR) is 58.0 cm³/mol. The lowest BCUT2D eigenvalue weighted by molar-refractivity contribution is 0.253. The van der Waals surface area contributed by atoms with Gasteiger partial charge in [-0.25, -0.2) is 4.98 Å². The van der Waals surface area contributed by atoms with Gasteiger partial charge in [-0.05, 0) is 20.5 Å². The molecular formula is C10H20N4. The number of aromatic nitrogens is 2. The van der Waals surface area contributed by atoms with Crippen molar-refractivity contribution in [2.24, 2.45) is 5.73 Å². The summed E-state index contributed by atoms with van der Waals surface area (Å²) in [7, 11) is 2.09. The molecule has 0 aromatic carbocycles. The zero-order valence-corrected chi connectivity index (χ0v) is 9.27. The molecule has 14 heavy (non-hydrogen) atoms. The van der Waals surface area contributed by atoms with E-state index in [4.69, 9.17) is 5.73 Å². The van der Waals surface area contributed by atoms with E-state index in [1.165, 1.54) is 5.69 Å². The van der Waals surface area contributed by atoms with Crippen LogP contribution in [0.4, 0.5) is 0 Å². The Hall–Kier alpha value is -0.870. The Morgan fingerprint density at radius 2 is 2.29 bits per heavy atom. The Balaban J connectivity index is 2.88. The Bertz CT molecular complexity index is 269. The summed E-state index contributed by atoms with van der Waals surface area (Å²) >= 11 is 0. The molecule has 0 aliphatic carbocycles. The van der Waals surface area contributed by atoms with Gasteiger partial charge < -0.3 is 10.3 Å². The molecule has 0 aliphatic rings. The van der Waals surface area contributed by atoms with Crippen LogP contribution in [-0.4, -0.2) is 34.6 Å². The first-order valence-electron chi connectivity index (χ1n) is 5.14. The van der Waals surface area contributed by atoms with Gasteiger partial charge in [-0.2, -0.15) is 0 Å². The normalized spacial score (nSPS) is 13.5. The van der Waals surface area contributed by atoms with Crippen molar-refractivity contribution in [2.45, 2.75) is 26.4 Å². The standard InChI is InChI=1S/C10H20N4/c1-4-13(3)9(6-11)10-7-12-8-14(10)5-2/h7-9H,4-6,11H2,1-3H3. The van der Waals surface area contributed by atoms with E-state index in [-0.39, 0.29) is 6.04 Å². The molecule has 0 saturated heterocycles. The topological polar surface area (TPSA) is 47.1 Å². The summed E-state index contributed by atoms with van der Waals surface area (Å²) in [5, 5.41) is 0. The molecule has 4 heteroatoms. The lowest BCUT2D eigenvalue weighted by atomic mass is 10.2. The van der Waals surface area contributed by atoms with E-state index >= 15 is 0 Å². The van der Waals surface area contributed by atoms with E-state index in [1.54, 1.807) is 0 Å². The molecule has 0 amide bonds. The fourth-order valence-electron chi connectivity index (χ4n) is 1.62. The number of hydrogen-bond acceptors (Lipinski definition) is 3. The first kappa shape index (κ1) is 11.2. The summed E-state index contributed by atoms with van der Waals surface area (Å²) in [4.78, 5) is 6.40. The highest BCUT2D eigenvalue weighted by molar-refractivity contribution is 5.06. The SMILES string of the molecule is CCN(C)C(CN)c1cncn1CC. The zero-order valence-electron chi connectivity index (χ0n) is 9.27. The van der Waals surface area contributed by atoms with Crippen LogP contribution in [0.25, 0.3) is 0 Å². The van der Waals surface area contributed by atoms with Crippen molar-refractivity contribution in [3.8, 4) is 0 Å². The Labute approximate surface area is 85.7 Å². The molecule has 0 saturated carbocycles. The van der Waals surface area contributed by atoms with Gasteiger partial charge in [0.2, 0.25) is 0 Å². The van der Waals surface area contributed by atoms with Crippen molar-refractivity contribution in [2.75, 3.05) is 20.1 Å². The van der Waals surface area contributed by atoms with E-state index in [9.17, 15) is 0 Å². The maximum absolute atomic E-state index is 5.78. The molecule has 80 valence electrons. The number of nitrogens with zero attached hydrogens (tertiary/aromatic N) is 3. The lowest BCUT2D eigenvalue weighted by Crippen LogP contribution is -2.31. The second kappa shape index (κ2) is 5.12. The van der Waals surface area contributed by atoms with E-state index < -0.39 is 0 Å². The molecule has 1 aromatic rings. The molecule has 0 fully saturated rings. The van der Waals surface area contributed by atoms with Gasteiger partial charge in [0.15, 0.2) is 0 Å². The monoisotopic (exact) mass is 196 g/mol. The van der Waals surface area contributed by atoms with Gasteiger partial charge in [-0.15, -0.1) is 0 Å². The van der Waals surface area contributed by atoms with Crippen LogP contribution in [0.2, 0.25) is 0 Å². The average Bonchev–Trinajstić information content (AvgIpc) is 2.66. The molecule has 1 atom stereocenters. The first-order valence-corrected chi connectivity index (χ1v) is 5.14. The Kier molecular flexibility index (Phi) is 4.10. The number of hydrogen-bond donors (Lipinski definition) is 1. The van der Waals surface area contributed by atoms with E-state index in [1.807, 2.05) is 12.5 Å². The number of imidazole rings is 1. The average molecular weight is 196 g/mol. The van der Waals surface area contributed by atoms with Crippen LogP contribution >= 0.6 is 0 Å². The molecule has 1 rings (SSSR count). The second-order valence-electron chi connectivity index (χ2n) is 3.43. The van der Waals surface area contributed by atoms with Gasteiger partial charge in [0.1, 0.15) is 0 Å². The van der Waals surface area contributed by atoms with Gasteiger partial charge in [0, 0.05) is 19.3 Å². The van der Waals surface area contributed by atoms with Gasteiger partial charge in [0.05, 0.1) is 18.1 Å². The van der Waals surface area contributed by atoms with E-state index in [0.29, 0.717) is 6.54 Å². The van der Waals surface area contributed by atoms with Crippen molar-refractivity contribution in [1.29, 1.82) is 0 Å². The smallest absolute Gasteiger partial charge is 0.0948 e. The summed E-state index contributed by atoms with van der Waals surface area (Å²) in [6.45, 7) is 6.83. The quantitative estimate of drug-likeness (QED) is 0.759. The van der Waals surface area contributed by atoms with Crippen LogP contribution in [0.15, 0.2) is 12.5 Å². The summed E-state index contributed by atoms with van der Waals surface area (Å²) in [6, 6.07) is 0.280. The fourth-order valence-corrected chi connectivity index (χ4v) is 1.62. The Morgan fingerprint density at radius 1 is 1.57 bits per heavy atom. The highest BCUT2D eigenvalue weighted by Gasteiger charge is 2.17. The van der Waals surface area contributed by atoms with Gasteiger partial charge >= 0.3 is 0 Å². The molecule has 0 spiro atoms. The van der Waals surface area contributed by atoms with Crippen LogP contribution in [0.5, 0.6) is 0 Å². The van der Waals surface area contributed by atoms with Gasteiger partial charge in [-0.3, -0.25) is 4.90 Å². The highest BCUT2D eigenvalue weighted by atomic mass is 15.2. The van der Waals surface area contributed by atoms with Crippen LogP contribution in [0.3, 0.4) is 0 Å². The molecule has 1 aromatic heterocycles. The summed E-state index contributed by atoms with van der Waals surface area (Å²) in [5.41, 5.74) is 6.99. The molecule has 0 aliphatic heterocycles. The first-order chi connectivity index (χ1) is 6.74. The van der Waals surface area contributed by atoms with E-state index in [0.717, 1.165) is 13.1 Å². The van der Waals surface area contributed by atoms with Crippen molar-refractivity contribution in [1.82, 2.24) is 14.5 Å². The molecule has 1 heterocycles. The van der Waals surface area contributed by atoms with Crippen molar-refractivity contribution < 1.29 is 0 Å². The van der Waals surface area contributed by atoms with Crippen LogP contribution < -0.4 is 5.73 Å². The van der Waals surface area contributed by atoms with E-state index in [2.05, 4.69) is 35.3 Å². The fraction of sp³-hybridized carbons (Fsp3) is 0.700. The molecular weight excluding hydrogens is 176 g/mol. The number of aryl methyl sites for hydroxylation is 1. The predicted octanol–water partition coefficient (Wildman–Crippen LogP) is 0.854. The van der Waals surface area contributed by atoms with Crippen LogP contribution in [0, 0.1) is 0 Å². The molecule has 4 nitrogen and oxygen atoms in total. The third-order valence-electron chi connectivity index (χ3n) is 2.68. The van der Waals surface area contributed by atoms with Crippen molar-refractivity contribution in [3.05, 3.63) is 18.2 Å². The third kappa shape index (κ3) is 2.13. The lowest BCUT2D eigenvalue weighted by Gasteiger charge is -2.26. The minimum atomic E-state index is 0.280. The minimum absolute atomic E-state index is 0.280. The molecule has 0 bridgehead atoms. The maximum atomic E-state index is 5.78. The highest BCUT2D eigenvalue weighted by Crippen LogP contribution is 2.17. The molecule has 0 radical (unpaired) electrons. The number of nitrogens with two attached hydrogens (primary N) is 1. The maximum Gasteiger partial charge on any atom is 0.0948 e. The van der Waals surface area contributed by atoms with Crippen LogP contribution in [-0.2, 0) is 6.54 Å². The Morgan fingerprint density at radius 3 is 2.79 bits per heavy atom. The minimum Gasteiger partial charge on any atom is -0.333 e. The van der Waals surface area contributed by atoms with Gasteiger partial charge in [0.25, 0.3) is 0 Å². The number of likely N-dealkylation sites (N-methyl/N-ethyl adjacent to an activating group) is 1. The zero-order chi connectivity index (χ0) is 10.6. The van der Waals surface area contributed by atoms with Gasteiger partial charge in [-0.1, -0.05) is 6.92 Å². The third-order valence-corrected chi connectivity index (χ3v) is 2.68. The van der Waals surface area contributed by atoms with Crippen LogP contribution in [0.1, 0.15) is 25.6 Å². The van der Waals surface area contributed by atoms with Crippen molar-refractivity contribution in [3.63, 3.8) is 0 Å². The molecule has 1 unspecified atom stereocenters. The largest absolute Gasteiger partial charge is 0.333 e. The number of rotatable bonds is 5. The summed E-state index contributed by atoms with van der Waals surface area (Å²) < 4.78 is 2.14. The second-order valence-corrected chi connectivity index (χ2v) is 3.43. The van der Waals surface area contributed by atoms with Crippen molar-refractivity contribution >= 4 is 0 Å². The summed E-state index contributed by atoms with van der Waals surface area (Å²) in [5.74, 6) is 0. The summed E-state index contributed by atoms with van der Waals surface area (Å²) in [6.07, 6.45) is 3.77.